The number of barbiturate groups is 1. The Morgan fingerprint density at radius 3 is 2.17 bits per heavy atom. The van der Waals surface area contributed by atoms with Crippen molar-refractivity contribution >= 4 is 29.6 Å². The van der Waals surface area contributed by atoms with Crippen molar-refractivity contribution < 1.29 is 23.9 Å². The van der Waals surface area contributed by atoms with Gasteiger partial charge in [0.05, 0.1) is 12.3 Å². The van der Waals surface area contributed by atoms with Gasteiger partial charge < -0.3 is 9.47 Å². The fourth-order valence-corrected chi connectivity index (χ4v) is 4.07. The van der Waals surface area contributed by atoms with Crippen LogP contribution in [0.3, 0.4) is 0 Å². The van der Waals surface area contributed by atoms with Gasteiger partial charge in [0.25, 0.3) is 11.8 Å². The van der Waals surface area contributed by atoms with Crippen molar-refractivity contribution in [3.05, 3.63) is 94.1 Å². The summed E-state index contributed by atoms with van der Waals surface area (Å²) in [6.45, 7) is 8.64. The second kappa shape index (κ2) is 10.5. The molecule has 7 heteroatoms. The van der Waals surface area contributed by atoms with Gasteiger partial charge in [-0.3, -0.25) is 14.9 Å². The third-order valence-corrected chi connectivity index (χ3v) is 5.65. The molecule has 184 valence electrons. The van der Waals surface area contributed by atoms with Crippen LogP contribution in [0, 0.1) is 20.8 Å². The maximum absolute atomic E-state index is 13.1. The van der Waals surface area contributed by atoms with Gasteiger partial charge in [-0.1, -0.05) is 53.1 Å². The average molecular weight is 485 g/mol. The van der Waals surface area contributed by atoms with Crippen LogP contribution < -0.4 is 19.7 Å². The van der Waals surface area contributed by atoms with Crippen LogP contribution in [0.2, 0.25) is 0 Å². The SMILES string of the molecule is CCOc1cc(/C=C2\C(=O)NC(=O)N(c3ccc(C)cc3)C2=O)ccc1OCc1cc(C)cc(C)c1. The van der Waals surface area contributed by atoms with Crippen LogP contribution in [-0.2, 0) is 16.2 Å². The van der Waals surface area contributed by atoms with Gasteiger partial charge in [-0.2, -0.15) is 0 Å². The van der Waals surface area contributed by atoms with E-state index in [-0.39, 0.29) is 5.57 Å². The molecule has 0 aromatic heterocycles. The summed E-state index contributed by atoms with van der Waals surface area (Å²) >= 11 is 0. The van der Waals surface area contributed by atoms with Crippen LogP contribution in [-0.4, -0.2) is 24.5 Å². The van der Waals surface area contributed by atoms with E-state index < -0.39 is 17.8 Å². The number of carbonyl (C=O) groups excluding carboxylic acids is 3. The predicted octanol–water partition coefficient (Wildman–Crippen LogP) is 5.26. The molecule has 1 aliphatic rings. The van der Waals surface area contributed by atoms with Crippen LogP contribution in [0.4, 0.5) is 10.5 Å². The molecule has 0 saturated carbocycles. The highest BCUT2D eigenvalue weighted by molar-refractivity contribution is 6.39. The molecular formula is C29H28N2O5. The normalized spacial score (nSPS) is 14.7. The Morgan fingerprint density at radius 1 is 0.806 bits per heavy atom. The van der Waals surface area contributed by atoms with Gasteiger partial charge >= 0.3 is 6.03 Å². The molecule has 36 heavy (non-hydrogen) atoms. The number of amides is 4. The molecule has 0 radical (unpaired) electrons. The van der Waals surface area contributed by atoms with E-state index in [0.29, 0.717) is 36.0 Å². The largest absolute Gasteiger partial charge is 0.490 e. The molecule has 3 aromatic rings. The average Bonchev–Trinajstić information content (AvgIpc) is 2.82. The third kappa shape index (κ3) is 5.46. The van der Waals surface area contributed by atoms with E-state index in [1.165, 1.54) is 6.08 Å². The van der Waals surface area contributed by atoms with Gasteiger partial charge in [0.1, 0.15) is 12.2 Å². The van der Waals surface area contributed by atoms with E-state index in [4.69, 9.17) is 9.47 Å². The number of carbonyl (C=O) groups is 3. The Kier molecular flexibility index (Phi) is 7.20. The van der Waals surface area contributed by atoms with Gasteiger partial charge in [0.2, 0.25) is 0 Å². The first-order chi connectivity index (χ1) is 17.2. The van der Waals surface area contributed by atoms with Crippen molar-refractivity contribution in [2.75, 3.05) is 11.5 Å². The lowest BCUT2D eigenvalue weighted by Crippen LogP contribution is -2.54. The Hall–Kier alpha value is -4.39. The van der Waals surface area contributed by atoms with Crippen molar-refractivity contribution in [1.29, 1.82) is 0 Å². The summed E-state index contributed by atoms with van der Waals surface area (Å²) in [6, 6.07) is 17.6. The fraction of sp³-hybridized carbons (Fsp3) is 0.207. The number of aryl methyl sites for hydroxylation is 3. The van der Waals surface area contributed by atoms with E-state index in [2.05, 4.69) is 23.5 Å². The van der Waals surface area contributed by atoms with Crippen molar-refractivity contribution in [3.63, 3.8) is 0 Å². The molecule has 0 spiro atoms. The smallest absolute Gasteiger partial charge is 0.335 e. The van der Waals surface area contributed by atoms with E-state index in [9.17, 15) is 14.4 Å². The molecule has 1 fully saturated rings. The highest BCUT2D eigenvalue weighted by Gasteiger charge is 2.36. The monoisotopic (exact) mass is 484 g/mol. The highest BCUT2D eigenvalue weighted by Crippen LogP contribution is 2.31. The number of hydrogen-bond acceptors (Lipinski definition) is 5. The highest BCUT2D eigenvalue weighted by atomic mass is 16.5. The summed E-state index contributed by atoms with van der Waals surface area (Å²) in [5.41, 5.74) is 5.15. The number of urea groups is 1. The number of rotatable bonds is 7. The van der Waals surface area contributed by atoms with Crippen molar-refractivity contribution in [2.45, 2.75) is 34.3 Å². The zero-order valence-electron chi connectivity index (χ0n) is 20.8. The molecule has 1 saturated heterocycles. The van der Waals surface area contributed by atoms with Crippen LogP contribution in [0.5, 0.6) is 11.5 Å². The van der Waals surface area contributed by atoms with Crippen LogP contribution in [0.1, 0.15) is 34.7 Å². The molecule has 0 unspecified atom stereocenters. The van der Waals surface area contributed by atoms with E-state index >= 15 is 0 Å². The fourth-order valence-electron chi connectivity index (χ4n) is 4.07. The zero-order valence-corrected chi connectivity index (χ0v) is 20.8. The van der Waals surface area contributed by atoms with Crippen molar-refractivity contribution in [2.24, 2.45) is 0 Å². The van der Waals surface area contributed by atoms with Gasteiger partial charge in [-0.25, -0.2) is 9.69 Å². The quantitative estimate of drug-likeness (QED) is 0.365. The van der Waals surface area contributed by atoms with E-state index in [1.807, 2.05) is 27.7 Å². The second-order valence-corrected chi connectivity index (χ2v) is 8.72. The molecular weight excluding hydrogens is 456 g/mol. The number of nitrogens with zero attached hydrogens (tertiary/aromatic N) is 1. The molecule has 4 amide bonds. The minimum Gasteiger partial charge on any atom is -0.490 e. The topological polar surface area (TPSA) is 84.9 Å². The molecule has 1 N–H and O–H groups in total. The van der Waals surface area contributed by atoms with E-state index in [0.717, 1.165) is 27.2 Å². The lowest BCUT2D eigenvalue weighted by molar-refractivity contribution is -0.122. The Balaban J connectivity index is 1.61. The maximum atomic E-state index is 13.1. The molecule has 0 atom stereocenters. The summed E-state index contributed by atoms with van der Waals surface area (Å²) in [4.78, 5) is 39.1. The second-order valence-electron chi connectivity index (χ2n) is 8.72. The molecule has 1 aliphatic heterocycles. The van der Waals surface area contributed by atoms with Crippen LogP contribution in [0.15, 0.2) is 66.2 Å². The molecule has 3 aromatic carbocycles. The minimum atomic E-state index is -0.781. The van der Waals surface area contributed by atoms with Gasteiger partial charge in [0, 0.05) is 0 Å². The number of benzene rings is 3. The molecule has 7 nitrogen and oxygen atoms in total. The summed E-state index contributed by atoms with van der Waals surface area (Å²) in [5.74, 6) is -0.400. The number of nitrogens with one attached hydrogen (secondary N) is 1. The lowest BCUT2D eigenvalue weighted by atomic mass is 10.1. The van der Waals surface area contributed by atoms with Gasteiger partial charge in [-0.15, -0.1) is 0 Å². The predicted molar refractivity (Wildman–Crippen MR) is 138 cm³/mol. The first-order valence-corrected chi connectivity index (χ1v) is 11.7. The zero-order chi connectivity index (χ0) is 25.8. The summed E-state index contributed by atoms with van der Waals surface area (Å²) in [7, 11) is 0. The number of imide groups is 2. The standard InChI is InChI=1S/C29H28N2O5/c1-5-35-26-16-21(8-11-25(26)36-17-22-13-19(3)12-20(4)14-22)15-24-27(32)30-29(34)31(28(24)33)23-9-6-18(2)7-10-23/h6-16H,5,17H2,1-4H3,(H,30,32,34)/b24-15+. The van der Waals surface area contributed by atoms with Gasteiger partial charge in [0.15, 0.2) is 11.5 Å². The Morgan fingerprint density at radius 2 is 1.50 bits per heavy atom. The summed E-state index contributed by atoms with van der Waals surface area (Å²) in [5, 5.41) is 2.24. The lowest BCUT2D eigenvalue weighted by Gasteiger charge is -2.26. The Bertz CT molecular complexity index is 1340. The number of ether oxygens (including phenoxy) is 2. The maximum Gasteiger partial charge on any atom is 0.335 e. The third-order valence-electron chi connectivity index (χ3n) is 5.65. The summed E-state index contributed by atoms with van der Waals surface area (Å²) in [6.07, 6.45) is 1.45. The minimum absolute atomic E-state index is 0.151. The first kappa shape index (κ1) is 24.7. The molecule has 1 heterocycles. The number of hydrogen-bond donors (Lipinski definition) is 1. The number of anilines is 1. The molecule has 0 bridgehead atoms. The van der Waals surface area contributed by atoms with Crippen LogP contribution >= 0.6 is 0 Å². The molecule has 4 rings (SSSR count). The first-order valence-electron chi connectivity index (χ1n) is 11.7. The van der Waals surface area contributed by atoms with Crippen molar-refractivity contribution in [3.8, 4) is 11.5 Å². The summed E-state index contributed by atoms with van der Waals surface area (Å²) < 4.78 is 11.8. The van der Waals surface area contributed by atoms with Crippen LogP contribution in [0.25, 0.3) is 6.08 Å². The van der Waals surface area contributed by atoms with Gasteiger partial charge in [-0.05, 0) is 69.2 Å². The van der Waals surface area contributed by atoms with Crippen molar-refractivity contribution in [1.82, 2.24) is 5.32 Å². The Labute approximate surface area is 210 Å². The van der Waals surface area contributed by atoms with E-state index in [1.54, 1.807) is 42.5 Å². The molecule has 0 aliphatic carbocycles.